The lowest BCUT2D eigenvalue weighted by atomic mass is 10.1. The number of nitrogens with one attached hydrogen (secondary N) is 1. The van der Waals surface area contributed by atoms with Gasteiger partial charge >= 0.3 is 6.09 Å². The van der Waals surface area contributed by atoms with Gasteiger partial charge in [-0.05, 0) is 45.7 Å². The molecular formula is C20H28N4O3S. The molecule has 3 atom stereocenters. The van der Waals surface area contributed by atoms with Crippen molar-refractivity contribution in [2.45, 2.75) is 63.8 Å². The molecule has 1 fully saturated rings. The Labute approximate surface area is 169 Å². The molecular weight excluding hydrogens is 376 g/mol. The SMILES string of the molecule is CN(C(=O)OC(C)(C)C)[C@H]1CC[C@H](N)[C@@H]1Nc1nc2c3c(ccc2s1)OCC3. The zero-order valence-corrected chi connectivity index (χ0v) is 17.6. The van der Waals surface area contributed by atoms with Gasteiger partial charge in [-0.2, -0.15) is 0 Å². The van der Waals surface area contributed by atoms with Crippen molar-refractivity contribution in [1.29, 1.82) is 0 Å². The standard InChI is InChI=1S/C20H28N4O3S/c1-20(2,3)27-19(25)24(4)13-6-5-12(21)17(13)23-18-22-16-11-9-10-26-14(11)7-8-15(16)28-18/h7-8,12-13,17H,5-6,9-10,21H2,1-4H3,(H,22,23)/t12-,13-,17-/m0/s1. The number of fused-ring (bicyclic) bond motifs is 3. The summed E-state index contributed by atoms with van der Waals surface area (Å²) < 4.78 is 12.3. The molecule has 1 saturated carbocycles. The van der Waals surface area contributed by atoms with E-state index in [1.54, 1.807) is 23.3 Å². The van der Waals surface area contributed by atoms with Gasteiger partial charge in [-0.15, -0.1) is 0 Å². The maximum atomic E-state index is 12.5. The van der Waals surface area contributed by atoms with Crippen molar-refractivity contribution in [3.05, 3.63) is 17.7 Å². The van der Waals surface area contributed by atoms with Gasteiger partial charge in [0.25, 0.3) is 0 Å². The van der Waals surface area contributed by atoms with Crippen LogP contribution in [-0.2, 0) is 11.2 Å². The van der Waals surface area contributed by atoms with Crippen molar-refractivity contribution in [2.24, 2.45) is 5.73 Å². The molecule has 1 amide bonds. The van der Waals surface area contributed by atoms with Gasteiger partial charge in [0.05, 0.1) is 28.9 Å². The van der Waals surface area contributed by atoms with E-state index in [9.17, 15) is 4.79 Å². The van der Waals surface area contributed by atoms with Crippen LogP contribution < -0.4 is 15.8 Å². The van der Waals surface area contributed by atoms with Crippen LogP contribution in [0.5, 0.6) is 5.75 Å². The average Bonchev–Trinajstić information content (AvgIpc) is 3.31. The van der Waals surface area contributed by atoms with Crippen LogP contribution in [0.1, 0.15) is 39.2 Å². The lowest BCUT2D eigenvalue weighted by molar-refractivity contribution is 0.0218. The van der Waals surface area contributed by atoms with Crippen molar-refractivity contribution < 1.29 is 14.3 Å². The number of hydrogen-bond donors (Lipinski definition) is 2. The van der Waals surface area contributed by atoms with Gasteiger partial charge in [0.2, 0.25) is 0 Å². The van der Waals surface area contributed by atoms with Gasteiger partial charge in [0.15, 0.2) is 5.13 Å². The molecule has 2 aromatic rings. The first-order valence-corrected chi connectivity index (χ1v) is 10.6. The number of hydrogen-bond acceptors (Lipinski definition) is 7. The summed E-state index contributed by atoms with van der Waals surface area (Å²) in [5.41, 5.74) is 8.05. The fraction of sp³-hybridized carbons (Fsp3) is 0.600. The number of carbonyl (C=O) groups is 1. The fourth-order valence-electron chi connectivity index (χ4n) is 3.99. The Balaban J connectivity index is 1.54. The van der Waals surface area contributed by atoms with Crippen LogP contribution in [0.2, 0.25) is 0 Å². The van der Waals surface area contributed by atoms with Gasteiger partial charge in [0.1, 0.15) is 11.4 Å². The number of anilines is 1. The fourth-order valence-corrected chi connectivity index (χ4v) is 4.93. The van der Waals surface area contributed by atoms with E-state index in [0.717, 1.165) is 40.4 Å². The van der Waals surface area contributed by atoms with E-state index in [4.69, 9.17) is 20.2 Å². The molecule has 1 aromatic carbocycles. The highest BCUT2D eigenvalue weighted by molar-refractivity contribution is 7.22. The molecule has 1 aliphatic heterocycles. The number of benzene rings is 1. The Bertz CT molecular complexity index is 891. The van der Waals surface area contributed by atoms with Gasteiger partial charge in [-0.25, -0.2) is 9.78 Å². The highest BCUT2D eigenvalue weighted by Gasteiger charge is 2.40. The van der Waals surface area contributed by atoms with E-state index in [-0.39, 0.29) is 24.2 Å². The monoisotopic (exact) mass is 404 g/mol. The van der Waals surface area contributed by atoms with Gasteiger partial charge in [-0.3, -0.25) is 0 Å². The molecule has 1 aromatic heterocycles. The molecule has 0 unspecified atom stereocenters. The minimum Gasteiger partial charge on any atom is -0.493 e. The molecule has 2 heterocycles. The molecule has 152 valence electrons. The number of nitrogens with two attached hydrogens (primary N) is 1. The molecule has 0 radical (unpaired) electrons. The topological polar surface area (TPSA) is 89.7 Å². The summed E-state index contributed by atoms with van der Waals surface area (Å²) in [6.07, 6.45) is 2.26. The van der Waals surface area contributed by atoms with Crippen molar-refractivity contribution >= 4 is 32.8 Å². The summed E-state index contributed by atoms with van der Waals surface area (Å²) in [7, 11) is 1.79. The van der Waals surface area contributed by atoms with E-state index in [0.29, 0.717) is 6.61 Å². The lowest BCUT2D eigenvalue weighted by Crippen LogP contribution is -2.51. The summed E-state index contributed by atoms with van der Waals surface area (Å²) >= 11 is 1.62. The number of nitrogens with zero attached hydrogens (tertiary/aromatic N) is 2. The van der Waals surface area contributed by atoms with E-state index in [1.807, 2.05) is 26.8 Å². The minimum atomic E-state index is -0.523. The molecule has 0 spiro atoms. The summed E-state index contributed by atoms with van der Waals surface area (Å²) in [4.78, 5) is 19.0. The van der Waals surface area contributed by atoms with Crippen LogP contribution in [0.3, 0.4) is 0 Å². The maximum Gasteiger partial charge on any atom is 0.410 e. The number of aromatic nitrogens is 1. The van der Waals surface area contributed by atoms with Gasteiger partial charge < -0.3 is 25.4 Å². The quantitative estimate of drug-likeness (QED) is 0.815. The van der Waals surface area contributed by atoms with Crippen LogP contribution in [0.4, 0.5) is 9.93 Å². The number of likely N-dealkylation sites (N-methyl/N-ethyl adjacent to an activating group) is 1. The van der Waals surface area contributed by atoms with Crippen molar-refractivity contribution in [1.82, 2.24) is 9.88 Å². The molecule has 4 rings (SSSR count). The second kappa shape index (κ2) is 7.08. The third-order valence-electron chi connectivity index (χ3n) is 5.37. The molecule has 7 nitrogen and oxygen atoms in total. The van der Waals surface area contributed by atoms with E-state index in [2.05, 4.69) is 11.4 Å². The van der Waals surface area contributed by atoms with Crippen molar-refractivity contribution in [3.8, 4) is 5.75 Å². The number of ether oxygens (including phenoxy) is 2. The summed E-state index contributed by atoms with van der Waals surface area (Å²) in [5.74, 6) is 0.935. The van der Waals surface area contributed by atoms with Gasteiger partial charge in [0, 0.05) is 25.1 Å². The Kier molecular flexibility index (Phi) is 4.87. The lowest BCUT2D eigenvalue weighted by Gasteiger charge is -2.33. The Morgan fingerprint density at radius 2 is 2.18 bits per heavy atom. The zero-order chi connectivity index (χ0) is 20.1. The first-order valence-electron chi connectivity index (χ1n) is 9.76. The highest BCUT2D eigenvalue weighted by Crippen LogP contribution is 2.37. The molecule has 1 aliphatic carbocycles. The normalized spacial score (nSPS) is 24.1. The Morgan fingerprint density at radius 1 is 1.39 bits per heavy atom. The van der Waals surface area contributed by atoms with Crippen molar-refractivity contribution in [2.75, 3.05) is 19.0 Å². The molecule has 3 N–H and O–H groups in total. The van der Waals surface area contributed by atoms with Crippen LogP contribution in [0, 0.1) is 0 Å². The van der Waals surface area contributed by atoms with Crippen LogP contribution in [0.15, 0.2) is 12.1 Å². The molecule has 8 heteroatoms. The van der Waals surface area contributed by atoms with Crippen LogP contribution >= 0.6 is 11.3 Å². The van der Waals surface area contributed by atoms with E-state index < -0.39 is 5.60 Å². The second-order valence-corrected chi connectivity index (χ2v) is 9.61. The number of thiazole rings is 1. The molecule has 28 heavy (non-hydrogen) atoms. The number of rotatable bonds is 3. The molecule has 0 saturated heterocycles. The highest BCUT2D eigenvalue weighted by atomic mass is 32.1. The molecule has 0 bridgehead atoms. The Hall–Kier alpha value is -2.06. The van der Waals surface area contributed by atoms with Crippen molar-refractivity contribution in [3.63, 3.8) is 0 Å². The minimum absolute atomic E-state index is 0.0362. The second-order valence-electron chi connectivity index (χ2n) is 8.58. The largest absolute Gasteiger partial charge is 0.493 e. The maximum absolute atomic E-state index is 12.5. The van der Waals surface area contributed by atoms with Crippen LogP contribution in [0.25, 0.3) is 10.2 Å². The average molecular weight is 405 g/mol. The first kappa shape index (κ1) is 19.3. The van der Waals surface area contributed by atoms with E-state index >= 15 is 0 Å². The first-order chi connectivity index (χ1) is 13.2. The molecule has 2 aliphatic rings. The van der Waals surface area contributed by atoms with Crippen LogP contribution in [-0.4, -0.2) is 53.4 Å². The summed E-state index contributed by atoms with van der Waals surface area (Å²) in [5, 5.41) is 4.35. The predicted molar refractivity (Wildman–Crippen MR) is 111 cm³/mol. The van der Waals surface area contributed by atoms with E-state index in [1.165, 1.54) is 5.56 Å². The number of carbonyl (C=O) groups excluding carboxylic acids is 1. The zero-order valence-electron chi connectivity index (χ0n) is 16.8. The van der Waals surface area contributed by atoms with Gasteiger partial charge in [-0.1, -0.05) is 11.3 Å². The Morgan fingerprint density at radius 3 is 2.93 bits per heavy atom. The third kappa shape index (κ3) is 3.63. The number of amides is 1. The smallest absolute Gasteiger partial charge is 0.410 e. The summed E-state index contributed by atoms with van der Waals surface area (Å²) in [6.45, 7) is 6.33. The summed E-state index contributed by atoms with van der Waals surface area (Å²) in [6, 6.07) is 3.93. The predicted octanol–water partition coefficient (Wildman–Crippen LogP) is 3.37. The third-order valence-corrected chi connectivity index (χ3v) is 6.32.